The number of benzene rings is 5. The Morgan fingerprint density at radius 2 is 0.805 bits per heavy atom. The van der Waals surface area contributed by atoms with E-state index < -0.39 is 5.97 Å². The van der Waals surface area contributed by atoms with Gasteiger partial charge in [-0.15, -0.1) is 35.6 Å². The van der Waals surface area contributed by atoms with Crippen molar-refractivity contribution < 1.29 is 84.6 Å². The summed E-state index contributed by atoms with van der Waals surface area (Å²) in [4.78, 5) is 41.7. The Kier molecular flexibility index (Phi) is 181. The number of halogens is 8. The average molecular weight is 2530 g/mol. The number of carbonyl (C=O) groups is 3. The van der Waals surface area contributed by atoms with Crippen LogP contribution in [-0.4, -0.2) is 327 Å². The molecule has 4 heterocycles. The molecule has 4 aliphatic rings. The van der Waals surface area contributed by atoms with E-state index in [0.29, 0.717) is 39.0 Å². The molecule has 5 aromatic carbocycles. The summed E-state index contributed by atoms with van der Waals surface area (Å²) in [5, 5.41) is 48.4. The number of carbonyl (C=O) groups excluding carboxylic acids is 3. The molecule has 0 aliphatic carbocycles. The van der Waals surface area contributed by atoms with Gasteiger partial charge in [0.2, 0.25) is 0 Å². The van der Waals surface area contributed by atoms with Crippen molar-refractivity contribution >= 4 is 317 Å². The zero-order valence-corrected chi connectivity index (χ0v) is 103. The van der Waals surface area contributed by atoms with E-state index in [1.54, 1.807) is 51.3 Å². The standard InChI is InChI=1S/C15H21NO4.C13H19Br2N.C13H21NO2.C13H19NS.C7H9N.2C6H13NS.C4H6O2.C4H8O.C2H6O.CH2Cl2.2CH4O.2CH4.Al.Br3P.ClH.Li.2Na.H2O.S9.4H/c1-19-14(17)8-10-16(11-9-15(18)20-2)12-13-6-4-3-5-7-13;14-8-4-10-16(11-5-9-15)12-13-6-2-1-3-7-13;15-10-4-8-14(9-5-11-16)12-13-6-2-1-3-7-13;1-2-6-13(7-3-1)12-14-8-4-10-15-11-5-9-14;8-6-7-4-2-1-3-5-7;2*1-3-7-4-2-6-8-5-1;1-3-4(5)6-2;1-2-4-5-3-1;1-2-3;2-1-3;2*1-2;;;;1-4(2)3;;;;;;1-3-5-7-9-8-6-4-2;;;;/h3-7H,8-12H2,1-2H3;1-3,6-7H,4-5,8-12H2;1-3,6-7,15-16H,4-5,8-12H2;1-3,6-7H,4-5,8-12H2;1-5H,6,8H2;2*7H,1-6H2;3H,1H2,2H3;1-4H2;3H,2H2,1H3;1H2;2*2H,1H3;2*1H4;;;1H;;;;1H2;;;;;/q;;;;;;;;;;;;;;;;;;+1;;;;;;;;-1. The predicted molar refractivity (Wildman–Crippen MR) is 635 cm³/mol. The molecule has 0 aromatic heterocycles. The number of methoxy groups -OCH3 is 3. The smallest absolute Gasteiger partial charge is 0.0233 e. The molecule has 20 nitrogen and oxygen atoms in total. The van der Waals surface area contributed by atoms with E-state index in [1.807, 2.05) is 83.8 Å². The maximum absolute atomic E-state index is 11.2. The van der Waals surface area contributed by atoms with Crippen LogP contribution in [0, 0.1) is 0 Å². The average Bonchev–Trinajstić information content (AvgIpc) is 0.950. The van der Waals surface area contributed by atoms with Crippen molar-refractivity contribution in [3.8, 4) is 0 Å². The summed E-state index contributed by atoms with van der Waals surface area (Å²) in [6, 6.07) is 51.7. The van der Waals surface area contributed by atoms with Crippen molar-refractivity contribution in [1.82, 2.24) is 30.2 Å². The molecule has 4 aliphatic heterocycles. The Morgan fingerprint density at radius 1 is 0.534 bits per heavy atom. The van der Waals surface area contributed by atoms with Crippen LogP contribution in [0.4, 0.5) is 0 Å². The van der Waals surface area contributed by atoms with Gasteiger partial charge in [0.15, 0.2) is 17.4 Å². The van der Waals surface area contributed by atoms with Gasteiger partial charge >= 0.3 is 80.4 Å². The molecule has 133 heavy (non-hydrogen) atoms. The van der Waals surface area contributed by atoms with Gasteiger partial charge < -0.3 is 67.8 Å². The fourth-order valence-electron chi connectivity index (χ4n) is 10.1. The van der Waals surface area contributed by atoms with E-state index in [1.165, 1.54) is 256 Å². The summed E-state index contributed by atoms with van der Waals surface area (Å²) in [7, 11) is 17.0. The molecule has 0 unspecified atom stereocenters. The van der Waals surface area contributed by atoms with Crippen LogP contribution in [0.2, 0.25) is 0 Å². The van der Waals surface area contributed by atoms with Crippen LogP contribution in [0.3, 0.4) is 0 Å². The van der Waals surface area contributed by atoms with Crippen molar-refractivity contribution in [2.45, 2.75) is 144 Å². The van der Waals surface area contributed by atoms with Crippen LogP contribution >= 0.6 is 153 Å². The summed E-state index contributed by atoms with van der Waals surface area (Å²) in [5.74, 6) is 7.20. The zero-order valence-electron chi connectivity index (χ0n) is 78.9. The molecule has 764 valence electrons. The summed E-state index contributed by atoms with van der Waals surface area (Å²) in [5.41, 5.74) is 11.8. The second-order valence-electron chi connectivity index (χ2n) is 25.2. The number of thioether (sulfide) groups is 3. The van der Waals surface area contributed by atoms with E-state index in [0.717, 1.165) is 95.3 Å². The molecule has 0 atom stereocenters. The number of rotatable bonds is 28. The molecule has 11 N–H and O–H groups in total. The molecular weight excluding hydrogens is 2360 g/mol. The van der Waals surface area contributed by atoms with Crippen LogP contribution in [0.15, 0.2) is 164 Å². The fourth-order valence-corrected chi connectivity index (χ4v) is 27.0. The summed E-state index contributed by atoms with van der Waals surface area (Å²) in [6.07, 6.45) is 16.4. The Labute approximate surface area is 958 Å². The van der Waals surface area contributed by atoms with Gasteiger partial charge in [-0.25, -0.2) is 4.79 Å². The first-order valence-corrected chi connectivity index (χ1v) is 74.9. The molecule has 0 bridgehead atoms. The third-order valence-corrected chi connectivity index (χ3v) is 33.7. The minimum atomic E-state index is -0.394. The van der Waals surface area contributed by atoms with E-state index in [2.05, 4.69) is 255 Å². The van der Waals surface area contributed by atoms with E-state index in [-0.39, 0.29) is 112 Å². The van der Waals surface area contributed by atoms with Gasteiger partial charge in [-0.1, -0.05) is 205 Å². The molecule has 0 radical (unpaired) electrons. The minimum absolute atomic E-state index is 0. The fraction of sp³-hybridized carbons (Fsp3) is 0.602. The van der Waals surface area contributed by atoms with Gasteiger partial charge in [0.05, 0.1) is 39.5 Å². The number of aliphatic hydroxyl groups excluding tert-OH is 5. The van der Waals surface area contributed by atoms with Crippen LogP contribution in [0.1, 0.15) is 141 Å². The maximum atomic E-state index is 11.2. The third kappa shape index (κ3) is 138. The molecule has 0 amide bonds. The summed E-state index contributed by atoms with van der Waals surface area (Å²) in [6.45, 7) is 24.6. The Balaban J connectivity index is -0.0000000990. The van der Waals surface area contributed by atoms with Crippen molar-refractivity contribution in [1.29, 1.82) is 0 Å². The third-order valence-electron chi connectivity index (χ3n) is 15.7. The number of nitrogens with one attached hydrogen (secondary N) is 2. The molecule has 4 fully saturated rings. The first-order valence-electron chi connectivity index (χ1n) is 42.1. The monoisotopic (exact) mass is 2520 g/mol. The topological polar surface area (TPSA) is 284 Å². The number of esters is 3. The molecule has 4 saturated heterocycles. The van der Waals surface area contributed by atoms with Crippen LogP contribution in [0.5, 0.6) is 0 Å². The van der Waals surface area contributed by atoms with Gasteiger partial charge in [0, 0.05) is 207 Å². The first kappa shape index (κ1) is 164. The van der Waals surface area contributed by atoms with Crippen LogP contribution in [0.25, 0.3) is 0 Å². The van der Waals surface area contributed by atoms with Crippen molar-refractivity contribution in [3.05, 3.63) is 192 Å². The number of nitrogens with zero attached hydrogens (tertiary/aromatic N) is 4. The second kappa shape index (κ2) is 146. The first-order chi connectivity index (χ1) is 62.0. The Bertz CT molecular complexity index is 3240. The Hall–Kier alpha value is 3.55. The molecule has 0 spiro atoms. The summed E-state index contributed by atoms with van der Waals surface area (Å²) >= 11 is 44.5. The Morgan fingerprint density at radius 3 is 1.04 bits per heavy atom. The number of ether oxygens (including phenoxy) is 4. The van der Waals surface area contributed by atoms with Gasteiger partial charge in [-0.2, -0.15) is 35.3 Å². The molecular formula is C88H160AlBr5Cl3LiN7Na2O13PS12. The van der Waals surface area contributed by atoms with Crippen molar-refractivity contribution in [2.24, 2.45) is 5.73 Å². The van der Waals surface area contributed by atoms with Gasteiger partial charge in [-0.05, 0) is 245 Å². The maximum Gasteiger partial charge on any atom is 0.0233 e. The van der Waals surface area contributed by atoms with Crippen molar-refractivity contribution in [2.75, 3.05) is 198 Å². The van der Waals surface area contributed by atoms with E-state index in [9.17, 15) is 14.4 Å². The number of nitrogens with two attached hydrogens (primary N) is 1. The number of hydrogen-bond donors (Lipinski definition) is 8. The van der Waals surface area contributed by atoms with Crippen LogP contribution in [-0.2, 0) is 151 Å². The minimum Gasteiger partial charge on any atom is -0.299 e. The molecule has 5 aromatic rings. The van der Waals surface area contributed by atoms with Gasteiger partial charge in [0.1, 0.15) is 4.03 Å². The van der Waals surface area contributed by atoms with Crippen molar-refractivity contribution in [3.63, 3.8) is 0 Å². The number of hydrogen-bond acceptors (Lipinski definition) is 24. The normalized spacial score (nSPS) is 12.2. The molecule has 45 heteroatoms. The quantitative estimate of drug-likeness (QED) is 0.00577. The van der Waals surface area contributed by atoms with E-state index in [4.69, 9.17) is 59.2 Å². The SMILES string of the molecule is BrCCCN(CCCBr)Cc1ccccc1.BrP(Br)Br.C.C.C1CCOC1.C1CNCCCSC1.C1CNCCCSC1.C=CC(=O)OC.CCO.CO.CO.COC(=O)CCN(CCC(=O)OC)Cc1ccccc1.Cl.ClCCl.NCc1ccccc1.O.OCCCN(CCCO)Cc1ccccc1.S=S=S=S=S=S=S=S=S.[AlH3].[H-].[Li+].[Na][Na].c1ccc(CN2CCCSCCC2)cc1. The zero-order chi connectivity index (χ0) is 96.0. The molecule has 9 rings (SSSR count). The van der Waals surface area contributed by atoms with Gasteiger partial charge in [0.25, 0.3) is 0 Å². The van der Waals surface area contributed by atoms with Gasteiger partial charge in [-0.3, -0.25) is 29.2 Å². The summed E-state index contributed by atoms with van der Waals surface area (Å²) < 4.78 is 18.2. The molecule has 0 saturated carbocycles. The van der Waals surface area contributed by atoms with E-state index >= 15 is 0 Å². The predicted octanol–water partition coefficient (Wildman–Crippen LogP) is 14.5. The number of aliphatic hydroxyl groups is 5. The second-order valence-corrected chi connectivity index (χ2v) is 59.0. The number of alkyl halides is 4. The largest absolute Gasteiger partial charge is 0.299 e. The van der Waals surface area contributed by atoms with Crippen LogP contribution < -0.4 is 35.2 Å².